The van der Waals surface area contributed by atoms with E-state index in [4.69, 9.17) is 0 Å². The third kappa shape index (κ3) is 2.61. The second kappa shape index (κ2) is 5.33. The molecule has 106 valence electrons. The fraction of sp³-hybridized carbons (Fsp3) is 0.0769. The summed E-state index contributed by atoms with van der Waals surface area (Å²) in [4.78, 5) is 28.8. The molecule has 0 bridgehead atoms. The summed E-state index contributed by atoms with van der Waals surface area (Å²) in [6.45, 7) is 0.471. The maximum Gasteiger partial charge on any atom is 0.293 e. The highest BCUT2D eigenvalue weighted by molar-refractivity contribution is 7.07. The number of benzene rings is 1. The van der Waals surface area contributed by atoms with Crippen molar-refractivity contribution in [2.24, 2.45) is 0 Å². The van der Waals surface area contributed by atoms with Crippen LogP contribution in [0.5, 0.6) is 0 Å². The largest absolute Gasteiger partial charge is 0.375 e. The van der Waals surface area contributed by atoms with Gasteiger partial charge in [0.25, 0.3) is 11.2 Å². The minimum Gasteiger partial charge on any atom is -0.375 e. The molecule has 7 nitrogen and oxygen atoms in total. The molecule has 0 saturated carbocycles. The van der Waals surface area contributed by atoms with E-state index in [-0.39, 0.29) is 11.1 Å². The minimum absolute atomic E-state index is 0.142. The lowest BCUT2D eigenvalue weighted by molar-refractivity contribution is -0.383. The molecule has 0 aliphatic carbocycles. The van der Waals surface area contributed by atoms with Crippen LogP contribution in [0.1, 0.15) is 5.56 Å². The van der Waals surface area contributed by atoms with E-state index in [9.17, 15) is 14.9 Å². The Morgan fingerprint density at radius 2 is 2.29 bits per heavy atom. The Labute approximate surface area is 122 Å². The van der Waals surface area contributed by atoms with Crippen molar-refractivity contribution in [2.45, 2.75) is 6.54 Å². The number of nitro benzene ring substituents is 1. The number of hydrogen-bond donors (Lipinski definition) is 2. The fourth-order valence-corrected chi connectivity index (χ4v) is 2.66. The van der Waals surface area contributed by atoms with Gasteiger partial charge in [-0.1, -0.05) is 0 Å². The quantitative estimate of drug-likeness (QED) is 0.569. The van der Waals surface area contributed by atoms with Crippen LogP contribution in [0.3, 0.4) is 0 Å². The van der Waals surface area contributed by atoms with E-state index in [1.54, 1.807) is 11.3 Å². The maximum absolute atomic E-state index is 11.7. The highest BCUT2D eigenvalue weighted by atomic mass is 32.1. The summed E-state index contributed by atoms with van der Waals surface area (Å²) in [5, 5.41) is 18.3. The van der Waals surface area contributed by atoms with Crippen LogP contribution in [0.2, 0.25) is 0 Å². The second-order valence-corrected chi connectivity index (χ2v) is 5.14. The molecule has 0 fully saturated rings. The molecule has 0 aliphatic rings. The molecule has 0 atom stereocenters. The van der Waals surface area contributed by atoms with Crippen molar-refractivity contribution in [1.29, 1.82) is 0 Å². The lowest BCUT2D eigenvalue weighted by Crippen LogP contribution is -2.08. The van der Waals surface area contributed by atoms with Crippen LogP contribution in [0.15, 0.2) is 40.1 Å². The van der Waals surface area contributed by atoms with Crippen molar-refractivity contribution in [1.82, 2.24) is 9.97 Å². The monoisotopic (exact) mass is 302 g/mol. The number of H-pyrrole nitrogens is 1. The molecule has 0 spiro atoms. The van der Waals surface area contributed by atoms with Crippen molar-refractivity contribution in [3.8, 4) is 0 Å². The molecule has 3 aromatic rings. The van der Waals surface area contributed by atoms with Gasteiger partial charge in [0.2, 0.25) is 0 Å². The van der Waals surface area contributed by atoms with Crippen LogP contribution in [0.4, 0.5) is 11.4 Å². The summed E-state index contributed by atoms with van der Waals surface area (Å²) in [6, 6.07) is 4.71. The van der Waals surface area contributed by atoms with E-state index < -0.39 is 10.5 Å². The number of nitrogens with zero attached hydrogens (tertiary/aromatic N) is 2. The van der Waals surface area contributed by atoms with E-state index in [1.165, 1.54) is 18.5 Å². The smallest absolute Gasteiger partial charge is 0.293 e. The van der Waals surface area contributed by atoms with E-state index in [0.717, 1.165) is 5.56 Å². The topological polar surface area (TPSA) is 101 Å². The third-order valence-corrected chi connectivity index (χ3v) is 3.75. The van der Waals surface area contributed by atoms with Gasteiger partial charge in [-0.25, -0.2) is 4.98 Å². The molecule has 2 heterocycles. The number of anilines is 1. The molecule has 0 unspecified atom stereocenters. The molecular weight excluding hydrogens is 292 g/mol. The second-order valence-electron chi connectivity index (χ2n) is 4.36. The Bertz CT molecular complexity index is 857. The fourth-order valence-electron chi connectivity index (χ4n) is 1.99. The Morgan fingerprint density at radius 3 is 3.00 bits per heavy atom. The maximum atomic E-state index is 11.7. The number of aromatic amines is 1. The zero-order valence-electron chi connectivity index (χ0n) is 10.7. The third-order valence-electron chi connectivity index (χ3n) is 3.02. The normalized spacial score (nSPS) is 10.7. The van der Waals surface area contributed by atoms with Crippen molar-refractivity contribution in [3.63, 3.8) is 0 Å². The van der Waals surface area contributed by atoms with E-state index in [0.29, 0.717) is 17.7 Å². The first-order chi connectivity index (χ1) is 10.1. The Balaban J connectivity index is 2.05. The lowest BCUT2D eigenvalue weighted by atomic mass is 10.2. The first kappa shape index (κ1) is 13.3. The van der Waals surface area contributed by atoms with E-state index in [2.05, 4.69) is 15.3 Å². The molecule has 0 aliphatic heterocycles. The summed E-state index contributed by atoms with van der Waals surface area (Å²) in [6.07, 6.45) is 1.28. The van der Waals surface area contributed by atoms with Crippen LogP contribution in [0, 0.1) is 10.1 Å². The Kier molecular flexibility index (Phi) is 3.36. The number of rotatable bonds is 4. The van der Waals surface area contributed by atoms with Gasteiger partial charge in [0.05, 0.1) is 22.2 Å². The average Bonchev–Trinajstić information content (AvgIpc) is 2.97. The SMILES string of the molecule is O=c1[nH]cnc2cc(NCc3ccsc3)c([N+](=O)[O-])cc12. The van der Waals surface area contributed by atoms with Gasteiger partial charge in [0.1, 0.15) is 5.69 Å². The summed E-state index contributed by atoms with van der Waals surface area (Å²) in [5.74, 6) is 0. The van der Waals surface area contributed by atoms with Crippen molar-refractivity contribution in [2.75, 3.05) is 5.32 Å². The zero-order valence-corrected chi connectivity index (χ0v) is 11.5. The molecule has 3 rings (SSSR count). The van der Waals surface area contributed by atoms with Crippen LogP contribution < -0.4 is 10.9 Å². The van der Waals surface area contributed by atoms with Crippen LogP contribution in [-0.2, 0) is 6.54 Å². The Hall–Kier alpha value is -2.74. The van der Waals surface area contributed by atoms with Crippen LogP contribution >= 0.6 is 11.3 Å². The van der Waals surface area contributed by atoms with E-state index in [1.807, 2.05) is 16.8 Å². The van der Waals surface area contributed by atoms with Gasteiger partial charge in [-0.05, 0) is 28.5 Å². The highest BCUT2D eigenvalue weighted by Crippen LogP contribution is 2.28. The molecule has 2 N–H and O–H groups in total. The molecule has 2 aromatic heterocycles. The van der Waals surface area contributed by atoms with Crippen LogP contribution in [-0.4, -0.2) is 14.9 Å². The van der Waals surface area contributed by atoms with E-state index >= 15 is 0 Å². The summed E-state index contributed by atoms with van der Waals surface area (Å²) >= 11 is 1.56. The zero-order chi connectivity index (χ0) is 14.8. The van der Waals surface area contributed by atoms with Gasteiger partial charge >= 0.3 is 0 Å². The molecule has 0 radical (unpaired) electrons. The number of thiophene rings is 1. The summed E-state index contributed by atoms with van der Waals surface area (Å²) in [5.41, 5.74) is 1.26. The molecule has 21 heavy (non-hydrogen) atoms. The van der Waals surface area contributed by atoms with Gasteiger partial charge in [0, 0.05) is 12.6 Å². The number of fused-ring (bicyclic) bond motifs is 1. The van der Waals surface area contributed by atoms with Crippen molar-refractivity contribution >= 4 is 33.6 Å². The first-order valence-electron chi connectivity index (χ1n) is 6.06. The first-order valence-corrected chi connectivity index (χ1v) is 7.00. The summed E-state index contributed by atoms with van der Waals surface area (Å²) in [7, 11) is 0. The summed E-state index contributed by atoms with van der Waals surface area (Å²) < 4.78 is 0. The number of nitro groups is 1. The Morgan fingerprint density at radius 1 is 1.43 bits per heavy atom. The van der Waals surface area contributed by atoms with Gasteiger partial charge < -0.3 is 10.3 Å². The van der Waals surface area contributed by atoms with Crippen molar-refractivity contribution in [3.05, 3.63) is 61.3 Å². The molecular formula is C13H10N4O3S. The van der Waals surface area contributed by atoms with Gasteiger partial charge in [-0.3, -0.25) is 14.9 Å². The standard InChI is InChI=1S/C13H10N4O3S/c18-13-9-3-12(17(19)20)11(4-10(9)15-7-16-13)14-5-8-1-2-21-6-8/h1-4,6-7,14H,5H2,(H,15,16,18). The lowest BCUT2D eigenvalue weighted by Gasteiger charge is -2.07. The van der Waals surface area contributed by atoms with Gasteiger partial charge in [0.15, 0.2) is 0 Å². The molecule has 8 heteroatoms. The number of nitrogens with one attached hydrogen (secondary N) is 2. The molecule has 0 saturated heterocycles. The molecule has 0 amide bonds. The van der Waals surface area contributed by atoms with Crippen LogP contribution in [0.25, 0.3) is 10.9 Å². The average molecular weight is 302 g/mol. The predicted octanol–water partition coefficient (Wildman–Crippen LogP) is 2.50. The minimum atomic E-state index is -0.512. The number of aromatic nitrogens is 2. The molecule has 1 aromatic carbocycles. The highest BCUT2D eigenvalue weighted by Gasteiger charge is 2.17. The number of hydrogen-bond acceptors (Lipinski definition) is 6. The van der Waals surface area contributed by atoms with Crippen molar-refractivity contribution < 1.29 is 4.92 Å². The van der Waals surface area contributed by atoms with Gasteiger partial charge in [-0.2, -0.15) is 11.3 Å². The predicted molar refractivity (Wildman–Crippen MR) is 80.7 cm³/mol. The van der Waals surface area contributed by atoms with Gasteiger partial charge in [-0.15, -0.1) is 0 Å².